The Balaban J connectivity index is 1.39. The van der Waals surface area contributed by atoms with Crippen molar-refractivity contribution in [2.75, 3.05) is 4.90 Å². The molecule has 0 spiro atoms. The average molecular weight is 513 g/mol. The summed E-state index contributed by atoms with van der Waals surface area (Å²) >= 11 is 0. The number of nitrogens with zero attached hydrogens (tertiary/aromatic N) is 2. The van der Waals surface area contributed by atoms with Crippen molar-refractivity contribution in [3.63, 3.8) is 0 Å². The highest BCUT2D eigenvalue weighted by molar-refractivity contribution is 6.17. The first-order valence-corrected chi connectivity index (χ1v) is 13.9. The van der Waals surface area contributed by atoms with Gasteiger partial charge in [0.2, 0.25) is 0 Å². The molecule has 8 rings (SSSR count). The van der Waals surface area contributed by atoms with Crippen molar-refractivity contribution in [2.45, 2.75) is 19.3 Å². The van der Waals surface area contributed by atoms with E-state index in [9.17, 15) is 0 Å². The maximum Gasteiger partial charge on any atom is 0.0540 e. The standard InChI is InChI=1S/C38H28N2/c1-38(2)33-22-29(28-12-9-19-39-24-28)20-26-17-18-27-21-31(23-34(38)37(27)36(26)33)40(30-13-4-3-5-14-30)35-16-8-11-25-10-6-7-15-32(25)35/h3-24H,1-2H3. The molecule has 1 aromatic heterocycles. The van der Waals surface area contributed by atoms with Crippen LogP contribution in [0.25, 0.3) is 43.4 Å². The Morgan fingerprint density at radius 3 is 2.08 bits per heavy atom. The van der Waals surface area contributed by atoms with E-state index in [2.05, 4.69) is 139 Å². The van der Waals surface area contributed by atoms with E-state index >= 15 is 0 Å². The molecule has 1 aliphatic carbocycles. The predicted molar refractivity (Wildman–Crippen MR) is 169 cm³/mol. The molecular weight excluding hydrogens is 484 g/mol. The summed E-state index contributed by atoms with van der Waals surface area (Å²) in [6, 6.07) is 44.2. The van der Waals surface area contributed by atoms with Gasteiger partial charge in [-0.15, -0.1) is 0 Å². The molecule has 2 nitrogen and oxygen atoms in total. The van der Waals surface area contributed by atoms with Gasteiger partial charge in [0.25, 0.3) is 0 Å². The SMILES string of the molecule is CC1(C)c2cc(-c3cccnc3)cc3ccc4cc(N(c5ccccc5)c5cccc6ccccc56)cc1c4c23. The van der Waals surface area contributed by atoms with Crippen molar-refractivity contribution in [2.24, 2.45) is 0 Å². The van der Waals surface area contributed by atoms with E-state index in [0.717, 1.165) is 11.3 Å². The van der Waals surface area contributed by atoms with Gasteiger partial charge in [-0.25, -0.2) is 0 Å². The highest BCUT2D eigenvalue weighted by atomic mass is 15.1. The molecule has 7 aromatic rings. The van der Waals surface area contributed by atoms with E-state index in [1.165, 1.54) is 60.4 Å². The highest BCUT2D eigenvalue weighted by Crippen LogP contribution is 2.52. The zero-order valence-corrected chi connectivity index (χ0v) is 22.6. The average Bonchev–Trinajstić information content (AvgIpc) is 3.24. The van der Waals surface area contributed by atoms with E-state index < -0.39 is 0 Å². The molecule has 0 N–H and O–H groups in total. The first-order chi connectivity index (χ1) is 19.6. The number of aromatic nitrogens is 1. The number of para-hydroxylation sites is 1. The number of rotatable bonds is 4. The van der Waals surface area contributed by atoms with Crippen molar-refractivity contribution in [1.29, 1.82) is 0 Å². The van der Waals surface area contributed by atoms with Crippen LogP contribution in [0.5, 0.6) is 0 Å². The highest BCUT2D eigenvalue weighted by Gasteiger charge is 2.35. The Hall–Kier alpha value is -4.95. The summed E-state index contributed by atoms with van der Waals surface area (Å²) in [5.41, 5.74) is 8.51. The molecule has 1 heterocycles. The van der Waals surface area contributed by atoms with Gasteiger partial charge in [0.05, 0.1) is 5.69 Å². The lowest BCUT2D eigenvalue weighted by Gasteiger charge is -2.29. The molecule has 0 radical (unpaired) electrons. The number of hydrogen-bond acceptors (Lipinski definition) is 2. The minimum absolute atomic E-state index is 0.143. The Morgan fingerprint density at radius 1 is 0.550 bits per heavy atom. The van der Waals surface area contributed by atoms with E-state index in [-0.39, 0.29) is 5.41 Å². The van der Waals surface area contributed by atoms with Crippen LogP contribution in [0.3, 0.4) is 0 Å². The first kappa shape index (κ1) is 23.0. The van der Waals surface area contributed by atoms with Gasteiger partial charge in [-0.3, -0.25) is 4.98 Å². The molecule has 6 aromatic carbocycles. The van der Waals surface area contributed by atoms with Crippen molar-refractivity contribution in [1.82, 2.24) is 4.98 Å². The number of benzene rings is 6. The maximum absolute atomic E-state index is 4.38. The van der Waals surface area contributed by atoms with Crippen LogP contribution in [-0.2, 0) is 5.41 Å². The van der Waals surface area contributed by atoms with Crippen LogP contribution in [0, 0.1) is 0 Å². The molecule has 0 bridgehead atoms. The predicted octanol–water partition coefficient (Wildman–Crippen LogP) is 10.3. The minimum Gasteiger partial charge on any atom is -0.310 e. The third-order valence-corrected chi connectivity index (χ3v) is 8.64. The smallest absolute Gasteiger partial charge is 0.0540 e. The van der Waals surface area contributed by atoms with Gasteiger partial charge in [-0.2, -0.15) is 0 Å². The van der Waals surface area contributed by atoms with E-state index in [0.29, 0.717) is 0 Å². The number of anilines is 3. The van der Waals surface area contributed by atoms with Crippen LogP contribution in [-0.4, -0.2) is 4.98 Å². The summed E-state index contributed by atoms with van der Waals surface area (Å²) in [5, 5.41) is 7.81. The van der Waals surface area contributed by atoms with Crippen molar-refractivity contribution >= 4 is 49.4 Å². The summed E-state index contributed by atoms with van der Waals surface area (Å²) in [7, 11) is 0. The van der Waals surface area contributed by atoms with Gasteiger partial charge in [-0.05, 0) is 92.2 Å². The summed E-state index contributed by atoms with van der Waals surface area (Å²) in [5.74, 6) is 0. The fraction of sp³-hybridized carbons (Fsp3) is 0.0789. The lowest BCUT2D eigenvalue weighted by molar-refractivity contribution is 0.663. The molecule has 0 atom stereocenters. The van der Waals surface area contributed by atoms with Crippen LogP contribution in [0.4, 0.5) is 17.1 Å². The molecule has 40 heavy (non-hydrogen) atoms. The molecule has 0 aliphatic heterocycles. The molecule has 190 valence electrons. The lowest BCUT2D eigenvalue weighted by atomic mass is 9.80. The second-order valence-electron chi connectivity index (χ2n) is 11.3. The van der Waals surface area contributed by atoms with E-state index in [4.69, 9.17) is 0 Å². The quantitative estimate of drug-likeness (QED) is 0.218. The van der Waals surface area contributed by atoms with Crippen molar-refractivity contribution in [3.05, 3.63) is 145 Å². The number of hydrogen-bond donors (Lipinski definition) is 0. The van der Waals surface area contributed by atoms with Gasteiger partial charge in [0, 0.05) is 40.1 Å². The van der Waals surface area contributed by atoms with Gasteiger partial charge in [0.15, 0.2) is 0 Å². The zero-order chi connectivity index (χ0) is 26.8. The largest absolute Gasteiger partial charge is 0.310 e. The second kappa shape index (κ2) is 8.53. The minimum atomic E-state index is -0.143. The third-order valence-electron chi connectivity index (χ3n) is 8.64. The third kappa shape index (κ3) is 3.32. The fourth-order valence-corrected chi connectivity index (χ4v) is 6.68. The summed E-state index contributed by atoms with van der Waals surface area (Å²) in [4.78, 5) is 6.80. The van der Waals surface area contributed by atoms with E-state index in [1.54, 1.807) is 0 Å². The van der Waals surface area contributed by atoms with Gasteiger partial charge >= 0.3 is 0 Å². The Morgan fingerprint density at radius 2 is 1.27 bits per heavy atom. The Bertz CT molecular complexity index is 2070. The number of fused-ring (bicyclic) bond motifs is 1. The van der Waals surface area contributed by atoms with Gasteiger partial charge < -0.3 is 4.90 Å². The molecular formula is C38H28N2. The first-order valence-electron chi connectivity index (χ1n) is 13.9. The van der Waals surface area contributed by atoms with Crippen LogP contribution >= 0.6 is 0 Å². The molecule has 0 fully saturated rings. The van der Waals surface area contributed by atoms with Gasteiger partial charge in [-0.1, -0.05) is 86.6 Å². The maximum atomic E-state index is 4.38. The van der Waals surface area contributed by atoms with Crippen LogP contribution in [0.15, 0.2) is 134 Å². The normalized spacial score (nSPS) is 13.4. The molecule has 0 saturated heterocycles. The molecule has 1 aliphatic rings. The van der Waals surface area contributed by atoms with Crippen molar-refractivity contribution in [3.8, 4) is 11.1 Å². The Labute approximate surface area is 234 Å². The topological polar surface area (TPSA) is 16.1 Å². The van der Waals surface area contributed by atoms with Crippen LogP contribution in [0.1, 0.15) is 25.0 Å². The van der Waals surface area contributed by atoms with Gasteiger partial charge in [0.1, 0.15) is 0 Å². The van der Waals surface area contributed by atoms with Crippen molar-refractivity contribution < 1.29 is 0 Å². The molecule has 2 heteroatoms. The lowest BCUT2D eigenvalue weighted by Crippen LogP contribution is -2.17. The Kier molecular flexibility index (Phi) is 4.90. The summed E-state index contributed by atoms with van der Waals surface area (Å²) in [6.45, 7) is 4.75. The second-order valence-corrected chi connectivity index (χ2v) is 11.3. The fourth-order valence-electron chi connectivity index (χ4n) is 6.68. The molecule has 0 unspecified atom stereocenters. The molecule has 0 amide bonds. The van der Waals surface area contributed by atoms with Crippen LogP contribution < -0.4 is 4.90 Å². The van der Waals surface area contributed by atoms with E-state index in [1.807, 2.05) is 18.5 Å². The summed E-state index contributed by atoms with van der Waals surface area (Å²) in [6.07, 6.45) is 3.80. The monoisotopic (exact) mass is 512 g/mol. The van der Waals surface area contributed by atoms with Crippen LogP contribution in [0.2, 0.25) is 0 Å². The summed E-state index contributed by atoms with van der Waals surface area (Å²) < 4.78 is 0. The zero-order valence-electron chi connectivity index (χ0n) is 22.6. The molecule has 0 saturated carbocycles. The number of pyridine rings is 1.